The van der Waals surface area contributed by atoms with E-state index in [0.29, 0.717) is 22.0 Å². The van der Waals surface area contributed by atoms with Gasteiger partial charge in [0.2, 0.25) is 5.91 Å². The molecule has 0 saturated heterocycles. The molecule has 1 aliphatic rings. The summed E-state index contributed by atoms with van der Waals surface area (Å²) in [6.45, 7) is 2.18. The largest absolute Gasteiger partial charge is 0.316 e. The number of fused-ring (bicyclic) bond motifs is 1. The molecule has 1 aromatic carbocycles. The summed E-state index contributed by atoms with van der Waals surface area (Å²) in [5, 5.41) is 23.9. The van der Waals surface area contributed by atoms with Crippen molar-refractivity contribution in [2.75, 3.05) is 5.32 Å². The van der Waals surface area contributed by atoms with Gasteiger partial charge in [-0.25, -0.2) is 0 Å². The topological polar surface area (TPSA) is 96.0 Å². The second-order valence-corrected chi connectivity index (χ2v) is 7.38. The number of nitro groups is 1. The molecule has 1 amide bonds. The van der Waals surface area contributed by atoms with E-state index < -0.39 is 4.92 Å². The van der Waals surface area contributed by atoms with E-state index in [-0.39, 0.29) is 18.0 Å². The second-order valence-electron chi connectivity index (χ2n) is 6.28. The Hall–Kier alpha value is -2.72. The highest BCUT2D eigenvalue weighted by atomic mass is 32.1. The maximum Gasteiger partial charge on any atom is 0.273 e. The molecule has 1 atom stereocenters. The van der Waals surface area contributed by atoms with Gasteiger partial charge in [-0.2, -0.15) is 5.26 Å². The number of nitro benzene ring substituents is 1. The summed E-state index contributed by atoms with van der Waals surface area (Å²) in [7, 11) is 0. The van der Waals surface area contributed by atoms with Crippen LogP contribution in [0.2, 0.25) is 0 Å². The first-order valence-corrected chi connectivity index (χ1v) is 8.88. The molecule has 0 spiro atoms. The molecule has 0 saturated carbocycles. The monoisotopic (exact) mass is 355 g/mol. The fourth-order valence-electron chi connectivity index (χ4n) is 3.14. The maximum atomic E-state index is 12.4. The molecule has 2 aromatic rings. The number of para-hydroxylation sites is 1. The van der Waals surface area contributed by atoms with Gasteiger partial charge in [0, 0.05) is 16.5 Å². The first-order chi connectivity index (χ1) is 12.0. The van der Waals surface area contributed by atoms with Crippen LogP contribution in [0.1, 0.15) is 34.9 Å². The van der Waals surface area contributed by atoms with Gasteiger partial charge in [0.1, 0.15) is 11.1 Å². The van der Waals surface area contributed by atoms with Gasteiger partial charge < -0.3 is 5.32 Å². The van der Waals surface area contributed by atoms with Gasteiger partial charge in [0.05, 0.1) is 16.9 Å². The van der Waals surface area contributed by atoms with E-state index in [4.69, 9.17) is 0 Å². The van der Waals surface area contributed by atoms with Gasteiger partial charge in [-0.15, -0.1) is 11.3 Å². The lowest BCUT2D eigenvalue weighted by Crippen LogP contribution is -2.15. The zero-order valence-electron chi connectivity index (χ0n) is 13.7. The van der Waals surface area contributed by atoms with Crippen LogP contribution in [0.4, 0.5) is 10.7 Å². The van der Waals surface area contributed by atoms with Crippen LogP contribution in [0.15, 0.2) is 24.3 Å². The third kappa shape index (κ3) is 3.54. The van der Waals surface area contributed by atoms with Crippen LogP contribution in [-0.2, 0) is 24.1 Å². The summed E-state index contributed by atoms with van der Waals surface area (Å²) >= 11 is 1.45. The molecule has 0 unspecified atom stereocenters. The lowest BCUT2D eigenvalue weighted by atomic mass is 9.88. The van der Waals surface area contributed by atoms with Crippen LogP contribution >= 0.6 is 11.3 Å². The van der Waals surface area contributed by atoms with Crippen LogP contribution in [0.3, 0.4) is 0 Å². The van der Waals surface area contributed by atoms with E-state index >= 15 is 0 Å². The van der Waals surface area contributed by atoms with Gasteiger partial charge in [-0.3, -0.25) is 14.9 Å². The van der Waals surface area contributed by atoms with E-state index in [2.05, 4.69) is 18.3 Å². The SMILES string of the molecule is C[C@@H]1CCc2c(sc(NC(=O)Cc3ccccc3[N+](=O)[O-])c2C#N)C1. The zero-order chi connectivity index (χ0) is 18.0. The minimum absolute atomic E-state index is 0.0718. The van der Waals surface area contributed by atoms with Gasteiger partial charge in [0.15, 0.2) is 0 Å². The Bertz CT molecular complexity index is 882. The average Bonchev–Trinajstić information content (AvgIpc) is 2.90. The second kappa shape index (κ2) is 7.03. The van der Waals surface area contributed by atoms with Gasteiger partial charge in [-0.05, 0) is 30.7 Å². The third-order valence-corrected chi connectivity index (χ3v) is 5.59. The van der Waals surface area contributed by atoms with Crippen molar-refractivity contribution in [3.8, 4) is 6.07 Å². The zero-order valence-corrected chi connectivity index (χ0v) is 14.6. The quantitative estimate of drug-likeness (QED) is 0.666. The Balaban J connectivity index is 1.81. The van der Waals surface area contributed by atoms with E-state index in [9.17, 15) is 20.2 Å². The first kappa shape index (κ1) is 17.1. The van der Waals surface area contributed by atoms with E-state index in [1.807, 2.05) is 0 Å². The van der Waals surface area contributed by atoms with Crippen molar-refractivity contribution in [1.29, 1.82) is 5.26 Å². The normalized spacial score (nSPS) is 15.9. The summed E-state index contributed by atoms with van der Waals surface area (Å²) < 4.78 is 0. The van der Waals surface area contributed by atoms with E-state index in [1.54, 1.807) is 18.2 Å². The molecule has 128 valence electrons. The molecule has 1 heterocycles. The van der Waals surface area contributed by atoms with Gasteiger partial charge >= 0.3 is 0 Å². The van der Waals surface area contributed by atoms with Crippen molar-refractivity contribution in [3.05, 3.63) is 55.9 Å². The number of thiophene rings is 1. The minimum atomic E-state index is -0.492. The number of nitrogens with zero attached hydrogens (tertiary/aromatic N) is 2. The Labute approximate surface area is 149 Å². The Kier molecular flexibility index (Phi) is 4.81. The van der Waals surface area contributed by atoms with Crippen molar-refractivity contribution in [2.45, 2.75) is 32.6 Å². The number of carbonyl (C=O) groups excluding carboxylic acids is 1. The molecule has 1 N–H and O–H groups in total. The predicted molar refractivity (Wildman–Crippen MR) is 95.7 cm³/mol. The number of nitrogens with one attached hydrogen (secondary N) is 1. The van der Waals surface area contributed by atoms with Crippen LogP contribution in [0, 0.1) is 27.4 Å². The molecule has 1 aromatic heterocycles. The predicted octanol–water partition coefficient (Wildman–Crippen LogP) is 3.83. The highest BCUT2D eigenvalue weighted by Crippen LogP contribution is 2.39. The lowest BCUT2D eigenvalue weighted by Gasteiger charge is -2.17. The highest BCUT2D eigenvalue weighted by molar-refractivity contribution is 7.16. The molecule has 0 fully saturated rings. The lowest BCUT2D eigenvalue weighted by molar-refractivity contribution is -0.385. The maximum absolute atomic E-state index is 12.4. The smallest absolute Gasteiger partial charge is 0.273 e. The van der Waals surface area contributed by atoms with Crippen LogP contribution in [0.25, 0.3) is 0 Å². The van der Waals surface area contributed by atoms with Crippen LogP contribution in [0.5, 0.6) is 0 Å². The first-order valence-electron chi connectivity index (χ1n) is 8.06. The number of benzene rings is 1. The molecule has 6 nitrogen and oxygen atoms in total. The fourth-order valence-corrected chi connectivity index (χ4v) is 4.52. The number of anilines is 1. The Morgan fingerprint density at radius 2 is 2.24 bits per heavy atom. The van der Waals surface area contributed by atoms with Gasteiger partial charge in [0.25, 0.3) is 5.69 Å². The van der Waals surface area contributed by atoms with E-state index in [1.165, 1.54) is 17.4 Å². The van der Waals surface area contributed by atoms with Crippen molar-refractivity contribution >= 4 is 27.9 Å². The Morgan fingerprint density at radius 1 is 1.48 bits per heavy atom. The van der Waals surface area contributed by atoms with Crippen molar-refractivity contribution in [2.24, 2.45) is 5.92 Å². The van der Waals surface area contributed by atoms with E-state index in [0.717, 1.165) is 29.7 Å². The summed E-state index contributed by atoms with van der Waals surface area (Å²) in [6, 6.07) is 8.40. The summed E-state index contributed by atoms with van der Waals surface area (Å²) in [6.07, 6.45) is 2.73. The molecule has 1 aliphatic carbocycles. The number of rotatable bonds is 4. The third-order valence-electron chi connectivity index (χ3n) is 4.42. The number of carbonyl (C=O) groups is 1. The summed E-state index contributed by atoms with van der Waals surface area (Å²) in [4.78, 5) is 24.1. The van der Waals surface area contributed by atoms with Crippen molar-refractivity contribution < 1.29 is 9.72 Å². The minimum Gasteiger partial charge on any atom is -0.316 e. The van der Waals surface area contributed by atoms with Crippen LogP contribution in [-0.4, -0.2) is 10.8 Å². The number of hydrogen-bond acceptors (Lipinski definition) is 5. The summed E-state index contributed by atoms with van der Waals surface area (Å²) in [5.41, 5.74) is 1.88. The number of hydrogen-bond donors (Lipinski definition) is 1. The highest BCUT2D eigenvalue weighted by Gasteiger charge is 2.25. The fraction of sp³-hybridized carbons (Fsp3) is 0.333. The average molecular weight is 355 g/mol. The molecule has 7 heteroatoms. The molecule has 0 bridgehead atoms. The number of amides is 1. The molecular formula is C18H17N3O3S. The molecule has 0 radical (unpaired) electrons. The standard InChI is InChI=1S/C18H17N3O3S/c1-11-6-7-13-14(10-19)18(25-16(13)8-11)20-17(22)9-12-4-2-3-5-15(12)21(23)24/h2-5,11H,6-9H2,1H3,(H,20,22)/t11-/m1/s1. The molecular weight excluding hydrogens is 338 g/mol. The van der Waals surface area contributed by atoms with Crippen LogP contribution < -0.4 is 5.32 Å². The summed E-state index contributed by atoms with van der Waals surface area (Å²) in [5.74, 6) is 0.227. The van der Waals surface area contributed by atoms with Crippen molar-refractivity contribution in [3.63, 3.8) is 0 Å². The number of nitriles is 1. The molecule has 25 heavy (non-hydrogen) atoms. The van der Waals surface area contributed by atoms with Gasteiger partial charge in [-0.1, -0.05) is 25.1 Å². The molecule has 0 aliphatic heterocycles. The van der Waals surface area contributed by atoms with Crippen molar-refractivity contribution in [1.82, 2.24) is 0 Å². The Morgan fingerprint density at radius 3 is 2.96 bits per heavy atom. The molecule has 3 rings (SSSR count).